The third kappa shape index (κ3) is 5.26. The lowest BCUT2D eigenvalue weighted by Crippen LogP contribution is -2.47. The van der Waals surface area contributed by atoms with Gasteiger partial charge in [-0.15, -0.1) is 0 Å². The molecule has 2 aromatic rings. The van der Waals surface area contributed by atoms with E-state index in [0.29, 0.717) is 24.5 Å². The van der Waals surface area contributed by atoms with E-state index in [1.165, 1.54) is 0 Å². The maximum Gasteiger partial charge on any atom is 0.245 e. The molecule has 1 heterocycles. The van der Waals surface area contributed by atoms with E-state index >= 15 is 0 Å². The van der Waals surface area contributed by atoms with Gasteiger partial charge >= 0.3 is 0 Å². The Morgan fingerprint density at radius 2 is 1.86 bits per heavy atom. The number of carbonyl (C=O) groups excluding carboxylic acids is 2. The predicted molar refractivity (Wildman–Crippen MR) is 114 cm³/mol. The summed E-state index contributed by atoms with van der Waals surface area (Å²) in [6.07, 6.45) is 1.08. The number of amides is 2. The Morgan fingerprint density at radius 1 is 1.17 bits per heavy atom. The zero-order valence-corrected chi connectivity index (χ0v) is 17.2. The largest absolute Gasteiger partial charge is 0.360 e. The molecule has 0 aromatic heterocycles. The average molecular weight is 417 g/mol. The monoisotopic (exact) mass is 416 g/mol. The molecule has 29 heavy (non-hydrogen) atoms. The standard InChI is InChI=1S/C20H24N4O4S/c1-15-5-3-4-6-18(15)24(29(2,27)28)14-20(26)22-16-7-9-17(10-8-16)23-12-11-21-19(25)13-23/h3-10H,11-14H2,1-2H3,(H,21,25)(H,22,26). The number of nitrogens with zero attached hydrogens (tertiary/aromatic N) is 2. The van der Waals surface area contributed by atoms with Gasteiger partial charge in [0.25, 0.3) is 0 Å². The zero-order chi connectivity index (χ0) is 21.0. The molecule has 0 atom stereocenters. The van der Waals surface area contributed by atoms with Crippen LogP contribution in [0.2, 0.25) is 0 Å². The molecule has 8 nitrogen and oxygen atoms in total. The number of benzene rings is 2. The number of sulfonamides is 1. The Balaban J connectivity index is 1.69. The van der Waals surface area contributed by atoms with Crippen LogP contribution in [0.5, 0.6) is 0 Å². The number of aryl methyl sites for hydroxylation is 1. The fourth-order valence-corrected chi connectivity index (χ4v) is 4.08. The van der Waals surface area contributed by atoms with E-state index in [4.69, 9.17) is 0 Å². The summed E-state index contributed by atoms with van der Waals surface area (Å²) >= 11 is 0. The van der Waals surface area contributed by atoms with Gasteiger partial charge in [-0.05, 0) is 42.8 Å². The second-order valence-electron chi connectivity index (χ2n) is 6.92. The number of para-hydroxylation sites is 1. The topological polar surface area (TPSA) is 98.8 Å². The molecule has 0 spiro atoms. The van der Waals surface area contributed by atoms with Gasteiger partial charge in [0, 0.05) is 24.5 Å². The van der Waals surface area contributed by atoms with Crippen LogP contribution in [0.3, 0.4) is 0 Å². The van der Waals surface area contributed by atoms with E-state index in [0.717, 1.165) is 28.4 Å². The summed E-state index contributed by atoms with van der Waals surface area (Å²) in [5, 5.41) is 5.51. The number of nitrogens with one attached hydrogen (secondary N) is 2. The minimum atomic E-state index is -3.63. The summed E-state index contributed by atoms with van der Waals surface area (Å²) in [6.45, 7) is 3.09. The van der Waals surface area contributed by atoms with Gasteiger partial charge in [0.15, 0.2) is 0 Å². The number of hydrogen-bond donors (Lipinski definition) is 2. The maximum absolute atomic E-state index is 12.5. The van der Waals surface area contributed by atoms with Gasteiger partial charge in [-0.25, -0.2) is 8.42 Å². The maximum atomic E-state index is 12.5. The first-order valence-corrected chi connectivity index (χ1v) is 11.0. The molecule has 0 radical (unpaired) electrons. The van der Waals surface area contributed by atoms with Crippen molar-refractivity contribution in [2.45, 2.75) is 6.92 Å². The first-order chi connectivity index (χ1) is 13.7. The van der Waals surface area contributed by atoms with E-state index in [2.05, 4.69) is 10.6 Å². The highest BCUT2D eigenvalue weighted by Gasteiger charge is 2.22. The van der Waals surface area contributed by atoms with Crippen molar-refractivity contribution in [1.29, 1.82) is 0 Å². The normalized spacial score (nSPS) is 14.3. The van der Waals surface area contributed by atoms with Crippen molar-refractivity contribution < 1.29 is 18.0 Å². The molecule has 3 rings (SSSR count). The van der Waals surface area contributed by atoms with Crippen molar-refractivity contribution in [2.24, 2.45) is 0 Å². The zero-order valence-electron chi connectivity index (χ0n) is 16.4. The van der Waals surface area contributed by atoms with Crippen LogP contribution in [0.4, 0.5) is 17.1 Å². The van der Waals surface area contributed by atoms with E-state index in [1.807, 2.05) is 23.1 Å². The Labute approximate surface area is 170 Å². The van der Waals surface area contributed by atoms with E-state index in [1.54, 1.807) is 37.3 Å². The van der Waals surface area contributed by atoms with Crippen LogP contribution in [0.25, 0.3) is 0 Å². The Hall–Kier alpha value is -3.07. The van der Waals surface area contributed by atoms with E-state index in [9.17, 15) is 18.0 Å². The molecule has 0 aliphatic carbocycles. The van der Waals surface area contributed by atoms with Gasteiger partial charge < -0.3 is 15.5 Å². The molecule has 1 fully saturated rings. The summed E-state index contributed by atoms with van der Waals surface area (Å²) in [4.78, 5) is 26.0. The van der Waals surface area contributed by atoms with Crippen molar-refractivity contribution in [3.8, 4) is 0 Å². The average Bonchev–Trinajstić information content (AvgIpc) is 2.66. The molecule has 2 aromatic carbocycles. The first kappa shape index (κ1) is 20.7. The van der Waals surface area contributed by atoms with Crippen LogP contribution < -0.4 is 19.8 Å². The summed E-state index contributed by atoms with van der Waals surface area (Å²) < 4.78 is 25.5. The molecular weight excluding hydrogens is 392 g/mol. The number of carbonyl (C=O) groups is 2. The molecule has 1 saturated heterocycles. The molecule has 1 aliphatic heterocycles. The minimum Gasteiger partial charge on any atom is -0.360 e. The van der Waals surface area contributed by atoms with Crippen LogP contribution in [0, 0.1) is 6.92 Å². The van der Waals surface area contributed by atoms with Crippen molar-refractivity contribution in [2.75, 3.05) is 47.0 Å². The molecule has 154 valence electrons. The highest BCUT2D eigenvalue weighted by molar-refractivity contribution is 7.92. The lowest BCUT2D eigenvalue weighted by atomic mass is 10.2. The summed E-state index contributed by atoms with van der Waals surface area (Å²) in [5.41, 5.74) is 2.68. The van der Waals surface area contributed by atoms with Crippen molar-refractivity contribution in [1.82, 2.24) is 5.32 Å². The van der Waals surface area contributed by atoms with Gasteiger partial charge in [0.2, 0.25) is 21.8 Å². The highest BCUT2D eigenvalue weighted by Crippen LogP contribution is 2.22. The van der Waals surface area contributed by atoms with Crippen LogP contribution in [-0.4, -0.2) is 52.7 Å². The fraction of sp³-hybridized carbons (Fsp3) is 0.300. The molecule has 0 unspecified atom stereocenters. The van der Waals surface area contributed by atoms with Gasteiger partial charge in [-0.1, -0.05) is 18.2 Å². The fourth-order valence-electron chi connectivity index (χ4n) is 3.17. The number of anilines is 3. The lowest BCUT2D eigenvalue weighted by molar-refractivity contribution is -0.120. The molecule has 2 N–H and O–H groups in total. The predicted octanol–water partition coefficient (Wildman–Crippen LogP) is 1.34. The minimum absolute atomic E-state index is 0.0225. The van der Waals surface area contributed by atoms with E-state index < -0.39 is 15.9 Å². The quantitative estimate of drug-likeness (QED) is 0.740. The van der Waals surface area contributed by atoms with Crippen LogP contribution in [0.1, 0.15) is 5.56 Å². The lowest BCUT2D eigenvalue weighted by Gasteiger charge is -2.28. The second-order valence-corrected chi connectivity index (χ2v) is 8.83. The highest BCUT2D eigenvalue weighted by atomic mass is 32.2. The van der Waals surface area contributed by atoms with Gasteiger partial charge in [-0.3, -0.25) is 13.9 Å². The van der Waals surface area contributed by atoms with E-state index in [-0.39, 0.29) is 12.5 Å². The number of piperazine rings is 1. The summed E-state index contributed by atoms with van der Waals surface area (Å²) in [7, 11) is -3.63. The van der Waals surface area contributed by atoms with Crippen molar-refractivity contribution in [3.63, 3.8) is 0 Å². The van der Waals surface area contributed by atoms with Gasteiger partial charge in [0.1, 0.15) is 6.54 Å². The summed E-state index contributed by atoms with van der Waals surface area (Å²) in [5.74, 6) is -0.463. The number of hydrogen-bond acceptors (Lipinski definition) is 5. The van der Waals surface area contributed by atoms with Gasteiger partial charge in [-0.2, -0.15) is 0 Å². The van der Waals surface area contributed by atoms with Gasteiger partial charge in [0.05, 0.1) is 18.5 Å². The van der Waals surface area contributed by atoms with Crippen LogP contribution in [-0.2, 0) is 19.6 Å². The molecule has 0 bridgehead atoms. The first-order valence-electron chi connectivity index (χ1n) is 9.19. The molecule has 1 aliphatic rings. The van der Waals surface area contributed by atoms with Crippen LogP contribution in [0.15, 0.2) is 48.5 Å². The Kier molecular flexibility index (Phi) is 6.07. The smallest absolute Gasteiger partial charge is 0.245 e. The summed E-state index contributed by atoms with van der Waals surface area (Å²) in [6, 6.07) is 14.1. The van der Waals surface area contributed by atoms with Crippen LogP contribution >= 0.6 is 0 Å². The molecule has 9 heteroatoms. The third-order valence-corrected chi connectivity index (χ3v) is 5.75. The SMILES string of the molecule is Cc1ccccc1N(CC(=O)Nc1ccc(N2CCNC(=O)C2)cc1)S(C)(=O)=O. The Bertz CT molecular complexity index is 1010. The Morgan fingerprint density at radius 3 is 2.48 bits per heavy atom. The third-order valence-electron chi connectivity index (χ3n) is 4.63. The van der Waals surface area contributed by atoms with Crippen molar-refractivity contribution in [3.05, 3.63) is 54.1 Å². The second kappa shape index (κ2) is 8.52. The number of rotatable bonds is 6. The molecule has 2 amide bonds. The molecule has 0 saturated carbocycles. The molecular formula is C20H24N4O4S. The van der Waals surface area contributed by atoms with Crippen molar-refractivity contribution >= 4 is 38.9 Å².